The van der Waals surface area contributed by atoms with Crippen LogP contribution in [0.2, 0.25) is 0 Å². The first-order valence-electron chi connectivity index (χ1n) is 5.64. The van der Waals surface area contributed by atoms with Gasteiger partial charge in [-0.2, -0.15) is 0 Å². The van der Waals surface area contributed by atoms with E-state index in [1.807, 2.05) is 0 Å². The van der Waals surface area contributed by atoms with Crippen molar-refractivity contribution in [1.29, 1.82) is 0 Å². The standard InChI is InChI=1S/C12H17N3O3.ClH/c1-9(7-13)12(16)14(2)8-10-5-3-4-6-11(10)15(17)18;/h3-6,9H,7-8,13H2,1-2H3;1H. The lowest BCUT2D eigenvalue weighted by Gasteiger charge is -2.20. The van der Waals surface area contributed by atoms with Gasteiger partial charge in [0.2, 0.25) is 5.91 Å². The Morgan fingerprint density at radius 3 is 2.58 bits per heavy atom. The van der Waals surface area contributed by atoms with Gasteiger partial charge < -0.3 is 10.6 Å². The summed E-state index contributed by atoms with van der Waals surface area (Å²) in [5.74, 6) is -0.395. The minimum atomic E-state index is -0.444. The summed E-state index contributed by atoms with van der Waals surface area (Å²) in [6, 6.07) is 6.40. The molecule has 0 aliphatic carbocycles. The summed E-state index contributed by atoms with van der Waals surface area (Å²) in [5, 5.41) is 10.8. The van der Waals surface area contributed by atoms with Crippen molar-refractivity contribution in [2.24, 2.45) is 11.7 Å². The third kappa shape index (κ3) is 4.50. The predicted molar refractivity (Wildman–Crippen MR) is 75.0 cm³/mol. The molecule has 0 aliphatic rings. The van der Waals surface area contributed by atoms with Gasteiger partial charge in [-0.05, 0) is 0 Å². The van der Waals surface area contributed by atoms with E-state index < -0.39 is 4.92 Å². The zero-order valence-electron chi connectivity index (χ0n) is 10.9. The molecule has 7 heteroatoms. The number of halogens is 1. The summed E-state index contributed by atoms with van der Waals surface area (Å²) in [5.41, 5.74) is 5.97. The molecule has 0 saturated heterocycles. The van der Waals surface area contributed by atoms with Crippen LogP contribution in [0.4, 0.5) is 5.69 Å². The Labute approximate surface area is 118 Å². The van der Waals surface area contributed by atoms with Crippen molar-refractivity contribution in [2.75, 3.05) is 13.6 Å². The molecule has 1 unspecified atom stereocenters. The summed E-state index contributed by atoms with van der Waals surface area (Å²) in [4.78, 5) is 23.7. The van der Waals surface area contributed by atoms with E-state index >= 15 is 0 Å². The molecule has 1 rings (SSSR count). The van der Waals surface area contributed by atoms with Crippen LogP contribution in [0.15, 0.2) is 24.3 Å². The van der Waals surface area contributed by atoms with Gasteiger partial charge in [0, 0.05) is 31.1 Å². The van der Waals surface area contributed by atoms with E-state index in [-0.39, 0.29) is 43.0 Å². The third-order valence-corrected chi connectivity index (χ3v) is 2.75. The average molecular weight is 288 g/mol. The highest BCUT2D eigenvalue weighted by molar-refractivity contribution is 5.85. The monoisotopic (exact) mass is 287 g/mol. The quantitative estimate of drug-likeness (QED) is 0.657. The van der Waals surface area contributed by atoms with E-state index in [4.69, 9.17) is 5.73 Å². The van der Waals surface area contributed by atoms with Crippen LogP contribution in [0, 0.1) is 16.0 Å². The second kappa shape index (κ2) is 7.70. The number of rotatable bonds is 5. The highest BCUT2D eigenvalue weighted by atomic mass is 35.5. The van der Waals surface area contributed by atoms with Gasteiger partial charge in [0.25, 0.3) is 5.69 Å². The van der Waals surface area contributed by atoms with Gasteiger partial charge in [-0.25, -0.2) is 0 Å². The third-order valence-electron chi connectivity index (χ3n) is 2.75. The lowest BCUT2D eigenvalue weighted by Crippen LogP contribution is -2.34. The molecule has 0 radical (unpaired) electrons. The number of nitrogens with zero attached hydrogens (tertiary/aromatic N) is 2. The largest absolute Gasteiger partial charge is 0.341 e. The van der Waals surface area contributed by atoms with Crippen LogP contribution in [-0.4, -0.2) is 29.3 Å². The Morgan fingerprint density at radius 2 is 2.05 bits per heavy atom. The number of carbonyl (C=O) groups excluding carboxylic acids is 1. The number of hydrogen-bond acceptors (Lipinski definition) is 4. The van der Waals surface area contributed by atoms with Crippen molar-refractivity contribution >= 4 is 24.0 Å². The molecule has 1 atom stereocenters. The lowest BCUT2D eigenvalue weighted by molar-refractivity contribution is -0.385. The fourth-order valence-corrected chi connectivity index (χ4v) is 1.63. The molecule has 0 saturated carbocycles. The van der Waals surface area contributed by atoms with E-state index in [0.29, 0.717) is 5.56 Å². The lowest BCUT2D eigenvalue weighted by atomic mass is 10.1. The highest BCUT2D eigenvalue weighted by Gasteiger charge is 2.19. The van der Waals surface area contributed by atoms with Crippen LogP contribution in [-0.2, 0) is 11.3 Å². The molecule has 0 heterocycles. The fourth-order valence-electron chi connectivity index (χ4n) is 1.63. The van der Waals surface area contributed by atoms with E-state index in [2.05, 4.69) is 0 Å². The van der Waals surface area contributed by atoms with Crippen LogP contribution >= 0.6 is 12.4 Å². The van der Waals surface area contributed by atoms with Crippen LogP contribution in [0.5, 0.6) is 0 Å². The molecule has 19 heavy (non-hydrogen) atoms. The van der Waals surface area contributed by atoms with E-state index in [9.17, 15) is 14.9 Å². The Bertz CT molecular complexity index is 454. The highest BCUT2D eigenvalue weighted by Crippen LogP contribution is 2.19. The van der Waals surface area contributed by atoms with Gasteiger partial charge >= 0.3 is 0 Å². The molecule has 0 aliphatic heterocycles. The minimum Gasteiger partial charge on any atom is -0.341 e. The normalized spacial score (nSPS) is 11.3. The SMILES string of the molecule is CC(CN)C(=O)N(C)Cc1ccccc1[N+](=O)[O-].Cl. The van der Waals surface area contributed by atoms with Crippen molar-refractivity contribution in [3.8, 4) is 0 Å². The average Bonchev–Trinajstić information content (AvgIpc) is 2.37. The summed E-state index contributed by atoms with van der Waals surface area (Å²) in [6.45, 7) is 2.21. The number of carbonyl (C=O) groups is 1. The second-order valence-electron chi connectivity index (χ2n) is 4.22. The maximum Gasteiger partial charge on any atom is 0.274 e. The van der Waals surface area contributed by atoms with Crippen molar-refractivity contribution in [2.45, 2.75) is 13.5 Å². The summed E-state index contributed by atoms with van der Waals surface area (Å²) < 4.78 is 0. The molecule has 0 aromatic heterocycles. The Balaban J connectivity index is 0.00000324. The molecule has 1 aromatic carbocycles. The van der Waals surface area contributed by atoms with Gasteiger partial charge in [0.05, 0.1) is 11.5 Å². The van der Waals surface area contributed by atoms with E-state index in [1.54, 1.807) is 32.2 Å². The molecular weight excluding hydrogens is 270 g/mol. The molecule has 0 fully saturated rings. The number of hydrogen-bond donors (Lipinski definition) is 1. The maximum absolute atomic E-state index is 11.8. The maximum atomic E-state index is 11.8. The molecule has 1 amide bonds. The number of benzene rings is 1. The zero-order valence-corrected chi connectivity index (χ0v) is 11.7. The van der Waals surface area contributed by atoms with Crippen molar-refractivity contribution in [3.05, 3.63) is 39.9 Å². The van der Waals surface area contributed by atoms with Crippen molar-refractivity contribution in [3.63, 3.8) is 0 Å². The molecular formula is C12H18ClN3O3. The van der Waals surface area contributed by atoms with E-state index in [1.165, 1.54) is 11.0 Å². The fraction of sp³-hybridized carbons (Fsp3) is 0.417. The number of nitrogens with two attached hydrogens (primary N) is 1. The first kappa shape index (κ1) is 17.3. The molecule has 2 N–H and O–H groups in total. The second-order valence-corrected chi connectivity index (χ2v) is 4.22. The zero-order chi connectivity index (χ0) is 13.7. The van der Waals surface area contributed by atoms with Crippen LogP contribution in [0.1, 0.15) is 12.5 Å². The van der Waals surface area contributed by atoms with Gasteiger partial charge in [0.15, 0.2) is 0 Å². The molecule has 106 valence electrons. The summed E-state index contributed by atoms with van der Waals surface area (Å²) in [6.07, 6.45) is 0. The van der Waals surface area contributed by atoms with E-state index in [0.717, 1.165) is 0 Å². The first-order chi connectivity index (χ1) is 8.47. The van der Waals surface area contributed by atoms with Gasteiger partial charge in [-0.1, -0.05) is 25.1 Å². The minimum absolute atomic E-state index is 0. The number of para-hydroxylation sites is 1. The van der Waals surface area contributed by atoms with Crippen molar-refractivity contribution in [1.82, 2.24) is 4.90 Å². The van der Waals surface area contributed by atoms with Gasteiger partial charge in [-0.15, -0.1) is 12.4 Å². The number of nitro benzene ring substituents is 1. The van der Waals surface area contributed by atoms with Gasteiger partial charge in [0.1, 0.15) is 0 Å². The van der Waals surface area contributed by atoms with Crippen molar-refractivity contribution < 1.29 is 9.72 Å². The Hall–Kier alpha value is -1.66. The Kier molecular flexibility index (Phi) is 7.03. The van der Waals surface area contributed by atoms with Crippen LogP contribution < -0.4 is 5.73 Å². The van der Waals surface area contributed by atoms with Crippen LogP contribution in [0.25, 0.3) is 0 Å². The molecule has 1 aromatic rings. The molecule has 6 nitrogen and oxygen atoms in total. The van der Waals surface area contributed by atoms with Crippen LogP contribution in [0.3, 0.4) is 0 Å². The van der Waals surface area contributed by atoms with Gasteiger partial charge in [-0.3, -0.25) is 14.9 Å². The predicted octanol–water partition coefficient (Wildman–Crippen LogP) is 1.57. The number of amides is 1. The molecule has 0 bridgehead atoms. The number of nitro groups is 1. The summed E-state index contributed by atoms with van der Waals surface area (Å²) >= 11 is 0. The topological polar surface area (TPSA) is 89.5 Å². The molecule has 0 spiro atoms. The summed E-state index contributed by atoms with van der Waals surface area (Å²) in [7, 11) is 1.62. The Morgan fingerprint density at radius 1 is 1.47 bits per heavy atom. The first-order valence-corrected chi connectivity index (χ1v) is 5.64. The smallest absolute Gasteiger partial charge is 0.274 e.